The molecule has 30 heavy (non-hydrogen) atoms. The number of sulfonamides is 1. The summed E-state index contributed by atoms with van der Waals surface area (Å²) in [6.45, 7) is 5.48. The van der Waals surface area contributed by atoms with Gasteiger partial charge in [0, 0.05) is 45.1 Å². The lowest BCUT2D eigenvalue weighted by Crippen LogP contribution is -2.47. The van der Waals surface area contributed by atoms with Crippen LogP contribution in [0.25, 0.3) is 0 Å². The molecule has 1 fully saturated rings. The number of piperazine rings is 1. The molecule has 0 aliphatic carbocycles. The van der Waals surface area contributed by atoms with Crippen molar-refractivity contribution in [2.45, 2.75) is 11.8 Å². The number of anilines is 3. The number of nitrogens with zero attached hydrogens (tertiary/aromatic N) is 5. The number of para-hydroxylation sites is 1. The number of rotatable bonds is 6. The maximum Gasteiger partial charge on any atom is 0.265 e. The fraction of sp³-hybridized carbons (Fsp3) is 0.273. The third-order valence-corrected chi connectivity index (χ3v) is 7.10. The van der Waals surface area contributed by atoms with E-state index in [0.29, 0.717) is 12.2 Å². The number of benzene rings is 1. The Kier molecular flexibility index (Phi) is 5.85. The van der Waals surface area contributed by atoms with Crippen LogP contribution in [0.15, 0.2) is 78.0 Å². The molecule has 0 atom stereocenters. The summed E-state index contributed by atoms with van der Waals surface area (Å²) in [7, 11) is -3.66. The van der Waals surface area contributed by atoms with E-state index < -0.39 is 10.0 Å². The van der Waals surface area contributed by atoms with Crippen molar-refractivity contribution in [2.75, 3.05) is 46.8 Å². The van der Waals surface area contributed by atoms with Gasteiger partial charge in [0.25, 0.3) is 10.0 Å². The largest absolute Gasteiger partial charge is 0.353 e. The minimum absolute atomic E-state index is 0.198. The molecular weight excluding hydrogens is 398 g/mol. The van der Waals surface area contributed by atoms with Crippen LogP contribution in [0.4, 0.5) is 17.3 Å². The quantitative estimate of drug-likeness (QED) is 0.607. The van der Waals surface area contributed by atoms with E-state index in [0.717, 1.165) is 37.8 Å². The van der Waals surface area contributed by atoms with Gasteiger partial charge in [-0.15, -0.1) is 0 Å². The van der Waals surface area contributed by atoms with Crippen LogP contribution < -0.4 is 14.1 Å². The molecule has 1 aliphatic rings. The zero-order valence-corrected chi connectivity index (χ0v) is 17.7. The number of pyridine rings is 2. The standard InChI is InChI=1S/C22H25N5O2S/c1-2-27(19-8-4-3-5-9-19)30(28,29)20-11-12-22(24-18-20)26-16-14-25(15-17-26)21-10-6-7-13-23-21/h3-13,18H,2,14-17H2,1H3. The second-order valence-corrected chi connectivity index (χ2v) is 8.88. The summed E-state index contributed by atoms with van der Waals surface area (Å²) in [5.74, 6) is 1.77. The molecule has 1 saturated heterocycles. The smallest absolute Gasteiger partial charge is 0.265 e. The molecule has 8 heteroatoms. The molecule has 7 nitrogen and oxygen atoms in total. The van der Waals surface area contributed by atoms with Gasteiger partial charge in [0.2, 0.25) is 0 Å². The molecule has 3 aromatic rings. The molecule has 0 N–H and O–H groups in total. The van der Waals surface area contributed by atoms with Crippen molar-refractivity contribution < 1.29 is 8.42 Å². The Morgan fingerprint density at radius 1 is 0.833 bits per heavy atom. The molecule has 3 heterocycles. The van der Waals surface area contributed by atoms with Gasteiger partial charge in [-0.2, -0.15) is 0 Å². The predicted molar refractivity (Wildman–Crippen MR) is 120 cm³/mol. The van der Waals surface area contributed by atoms with Crippen LogP contribution in [0.1, 0.15) is 6.92 Å². The lowest BCUT2D eigenvalue weighted by atomic mass is 10.3. The lowest BCUT2D eigenvalue weighted by molar-refractivity contribution is 0.591. The van der Waals surface area contributed by atoms with E-state index in [9.17, 15) is 8.42 Å². The SMILES string of the molecule is CCN(c1ccccc1)S(=O)(=O)c1ccc(N2CCN(c3ccccn3)CC2)nc1. The first-order valence-corrected chi connectivity index (χ1v) is 11.5. The second-order valence-electron chi connectivity index (χ2n) is 7.02. The monoisotopic (exact) mass is 423 g/mol. The molecule has 0 amide bonds. The van der Waals surface area contributed by atoms with Crippen molar-refractivity contribution in [3.63, 3.8) is 0 Å². The molecule has 156 valence electrons. The summed E-state index contributed by atoms with van der Waals surface area (Å²) < 4.78 is 27.6. The van der Waals surface area contributed by atoms with Crippen molar-refractivity contribution in [1.82, 2.24) is 9.97 Å². The van der Waals surface area contributed by atoms with Gasteiger partial charge in [-0.1, -0.05) is 24.3 Å². The van der Waals surface area contributed by atoms with Crippen LogP contribution in [0, 0.1) is 0 Å². The highest BCUT2D eigenvalue weighted by atomic mass is 32.2. The number of aromatic nitrogens is 2. The van der Waals surface area contributed by atoms with Crippen LogP contribution in [-0.4, -0.2) is 51.1 Å². The van der Waals surface area contributed by atoms with Crippen LogP contribution in [-0.2, 0) is 10.0 Å². The lowest BCUT2D eigenvalue weighted by Gasteiger charge is -2.36. The Hall–Kier alpha value is -3.13. The fourth-order valence-corrected chi connectivity index (χ4v) is 5.05. The van der Waals surface area contributed by atoms with E-state index in [1.54, 1.807) is 30.5 Å². The average Bonchev–Trinajstić information content (AvgIpc) is 2.81. The molecule has 0 spiro atoms. The Morgan fingerprint density at radius 2 is 1.47 bits per heavy atom. The normalized spacial score (nSPS) is 14.6. The average molecular weight is 424 g/mol. The van der Waals surface area contributed by atoms with Crippen LogP contribution >= 0.6 is 0 Å². The van der Waals surface area contributed by atoms with Gasteiger partial charge >= 0.3 is 0 Å². The zero-order valence-electron chi connectivity index (χ0n) is 16.9. The highest BCUT2D eigenvalue weighted by Gasteiger charge is 2.25. The highest BCUT2D eigenvalue weighted by Crippen LogP contribution is 2.24. The molecule has 0 saturated carbocycles. The fourth-order valence-electron chi connectivity index (χ4n) is 3.63. The summed E-state index contributed by atoms with van der Waals surface area (Å²) in [5, 5.41) is 0. The van der Waals surface area contributed by atoms with E-state index in [1.165, 1.54) is 10.5 Å². The number of hydrogen-bond acceptors (Lipinski definition) is 6. The highest BCUT2D eigenvalue weighted by molar-refractivity contribution is 7.92. The van der Waals surface area contributed by atoms with E-state index in [4.69, 9.17) is 0 Å². The third-order valence-electron chi connectivity index (χ3n) is 5.22. The summed E-state index contributed by atoms with van der Waals surface area (Å²) in [6.07, 6.45) is 3.26. The topological polar surface area (TPSA) is 69.6 Å². The molecule has 4 rings (SSSR count). The second kappa shape index (κ2) is 8.71. The van der Waals surface area contributed by atoms with E-state index >= 15 is 0 Å². The Balaban J connectivity index is 1.46. The van der Waals surface area contributed by atoms with Gasteiger partial charge in [-0.25, -0.2) is 18.4 Å². The van der Waals surface area contributed by atoms with Gasteiger partial charge in [0.05, 0.1) is 5.69 Å². The molecule has 0 radical (unpaired) electrons. The van der Waals surface area contributed by atoms with Crippen LogP contribution in [0.5, 0.6) is 0 Å². The summed E-state index contributed by atoms with van der Waals surface area (Å²) >= 11 is 0. The Bertz CT molecular complexity index is 1050. The van der Waals surface area contributed by atoms with E-state index in [-0.39, 0.29) is 4.90 Å². The third kappa shape index (κ3) is 4.09. The molecule has 0 bridgehead atoms. The van der Waals surface area contributed by atoms with Crippen molar-refractivity contribution in [3.8, 4) is 0 Å². The van der Waals surface area contributed by atoms with Crippen molar-refractivity contribution >= 4 is 27.3 Å². The number of hydrogen-bond donors (Lipinski definition) is 0. The van der Waals surface area contributed by atoms with E-state index in [1.807, 2.05) is 43.3 Å². The summed E-state index contributed by atoms with van der Waals surface area (Å²) in [5.41, 5.74) is 0.648. The molecule has 1 aromatic carbocycles. The first-order chi connectivity index (χ1) is 14.6. The van der Waals surface area contributed by atoms with Gasteiger partial charge in [-0.05, 0) is 43.3 Å². The molecule has 2 aromatic heterocycles. The maximum atomic E-state index is 13.1. The minimum Gasteiger partial charge on any atom is -0.353 e. The first kappa shape index (κ1) is 20.2. The van der Waals surface area contributed by atoms with Crippen LogP contribution in [0.3, 0.4) is 0 Å². The van der Waals surface area contributed by atoms with Gasteiger partial charge in [0.1, 0.15) is 16.5 Å². The minimum atomic E-state index is -3.66. The molecule has 1 aliphatic heterocycles. The first-order valence-electron chi connectivity index (χ1n) is 10.0. The zero-order chi connectivity index (χ0) is 21.0. The molecular formula is C22H25N5O2S. The maximum absolute atomic E-state index is 13.1. The van der Waals surface area contributed by atoms with Crippen molar-refractivity contribution in [1.29, 1.82) is 0 Å². The van der Waals surface area contributed by atoms with Crippen molar-refractivity contribution in [2.24, 2.45) is 0 Å². The van der Waals surface area contributed by atoms with E-state index in [2.05, 4.69) is 19.8 Å². The predicted octanol–water partition coefficient (Wildman–Crippen LogP) is 3.02. The van der Waals surface area contributed by atoms with Crippen molar-refractivity contribution in [3.05, 3.63) is 73.1 Å². The van der Waals surface area contributed by atoms with Gasteiger partial charge in [0.15, 0.2) is 0 Å². The summed E-state index contributed by atoms with van der Waals surface area (Å²) in [6, 6.07) is 18.5. The summed E-state index contributed by atoms with van der Waals surface area (Å²) in [4.78, 5) is 13.5. The Labute approximate surface area is 177 Å². The van der Waals surface area contributed by atoms with Crippen LogP contribution in [0.2, 0.25) is 0 Å². The molecule has 0 unspecified atom stereocenters. The Morgan fingerprint density at radius 3 is 2.00 bits per heavy atom. The van der Waals surface area contributed by atoms with Gasteiger partial charge in [-0.3, -0.25) is 4.31 Å². The van der Waals surface area contributed by atoms with Gasteiger partial charge < -0.3 is 9.80 Å².